The molecular formula is C24H20Si. The first-order valence-corrected chi connectivity index (χ1v) is 9.32. The Morgan fingerprint density at radius 3 is 1.68 bits per heavy atom. The normalized spacial score (nSPS) is 17.0. The molecule has 3 aromatic rings. The summed E-state index contributed by atoms with van der Waals surface area (Å²) in [5, 5.41) is 1.43. The highest BCUT2D eigenvalue weighted by molar-refractivity contribution is 6.57. The molecule has 1 atom stereocenters. The monoisotopic (exact) mass is 336 g/mol. The average molecular weight is 337 g/mol. The Kier molecular flexibility index (Phi) is 4.41. The van der Waals surface area contributed by atoms with Gasteiger partial charge in [0.15, 0.2) is 0 Å². The highest BCUT2D eigenvalue weighted by Gasteiger charge is 2.26. The van der Waals surface area contributed by atoms with Crippen molar-refractivity contribution in [2.75, 3.05) is 0 Å². The van der Waals surface area contributed by atoms with E-state index in [4.69, 9.17) is 0 Å². The molecule has 0 heterocycles. The van der Waals surface area contributed by atoms with Crippen molar-refractivity contribution in [1.29, 1.82) is 0 Å². The summed E-state index contributed by atoms with van der Waals surface area (Å²) in [5.41, 5.74) is 6.65. The van der Waals surface area contributed by atoms with Crippen molar-refractivity contribution in [2.45, 2.75) is 5.92 Å². The first-order chi connectivity index (χ1) is 12.3. The summed E-state index contributed by atoms with van der Waals surface area (Å²) in [6.07, 6.45) is 4.58. The molecule has 0 aromatic heterocycles. The third-order valence-corrected chi connectivity index (χ3v) is 5.55. The van der Waals surface area contributed by atoms with Gasteiger partial charge in [-0.2, -0.15) is 0 Å². The van der Waals surface area contributed by atoms with Gasteiger partial charge in [0.2, 0.25) is 0 Å². The maximum atomic E-state index is 2.30. The molecular weight excluding hydrogens is 316 g/mol. The molecule has 0 nitrogen and oxygen atoms in total. The van der Waals surface area contributed by atoms with Crippen molar-refractivity contribution in [1.82, 2.24) is 0 Å². The third-order valence-electron chi connectivity index (χ3n) is 4.76. The lowest BCUT2D eigenvalue weighted by atomic mass is 9.77. The van der Waals surface area contributed by atoms with E-state index in [0.717, 1.165) is 0 Å². The minimum Gasteiger partial charge on any atom is -0.0622 e. The van der Waals surface area contributed by atoms with E-state index in [9.17, 15) is 0 Å². The van der Waals surface area contributed by atoms with Crippen molar-refractivity contribution in [2.24, 2.45) is 0 Å². The van der Waals surface area contributed by atoms with Crippen molar-refractivity contribution in [3.05, 3.63) is 120 Å². The van der Waals surface area contributed by atoms with Crippen LogP contribution in [0.25, 0.3) is 11.1 Å². The molecule has 0 fully saturated rings. The molecule has 0 amide bonds. The van der Waals surface area contributed by atoms with E-state index in [1.165, 1.54) is 33.0 Å². The van der Waals surface area contributed by atoms with Crippen molar-refractivity contribution in [3.8, 4) is 0 Å². The van der Waals surface area contributed by atoms with Crippen LogP contribution in [-0.2, 0) is 0 Å². The molecule has 1 unspecified atom stereocenters. The van der Waals surface area contributed by atoms with Gasteiger partial charge in [-0.25, -0.2) is 0 Å². The molecule has 3 aromatic carbocycles. The molecule has 120 valence electrons. The van der Waals surface area contributed by atoms with Gasteiger partial charge in [0.1, 0.15) is 0 Å². The molecule has 1 aliphatic carbocycles. The third kappa shape index (κ3) is 3.11. The Labute approximate surface area is 152 Å². The number of allylic oxidation sites excluding steroid dienone is 4. The van der Waals surface area contributed by atoms with Gasteiger partial charge in [-0.1, -0.05) is 108 Å². The van der Waals surface area contributed by atoms with Crippen LogP contribution in [0.5, 0.6) is 0 Å². The zero-order valence-corrected chi connectivity index (χ0v) is 15.5. The standard InChI is InChI=1S/C24H20Si/c25-24-22(19-12-6-2-7-13-19)17-16-21(18-10-4-1-5-11-18)23(24)20-14-8-3-9-15-20/h1-17,23H,25H2. The Morgan fingerprint density at radius 2 is 1.08 bits per heavy atom. The maximum absolute atomic E-state index is 2.30. The predicted octanol–water partition coefficient (Wildman–Crippen LogP) is 4.76. The topological polar surface area (TPSA) is 0 Å². The number of hydrogen-bond donors (Lipinski definition) is 0. The second-order valence-electron chi connectivity index (χ2n) is 6.30. The zero-order valence-electron chi connectivity index (χ0n) is 14.1. The zero-order chi connectivity index (χ0) is 17.1. The van der Waals surface area contributed by atoms with E-state index in [2.05, 4.69) is 103 Å². The number of benzene rings is 3. The molecule has 0 saturated carbocycles. The summed E-state index contributed by atoms with van der Waals surface area (Å²) in [4.78, 5) is 0. The fourth-order valence-corrected chi connectivity index (χ4v) is 4.32. The summed E-state index contributed by atoms with van der Waals surface area (Å²) < 4.78 is 0. The van der Waals surface area contributed by atoms with Crippen molar-refractivity contribution < 1.29 is 0 Å². The van der Waals surface area contributed by atoms with Gasteiger partial charge in [-0.15, -0.1) is 0 Å². The number of rotatable bonds is 3. The summed E-state index contributed by atoms with van der Waals surface area (Å²) in [6, 6.07) is 32.3. The quantitative estimate of drug-likeness (QED) is 0.605. The molecule has 0 N–H and O–H groups in total. The van der Waals surface area contributed by atoms with Crippen LogP contribution in [0, 0.1) is 0 Å². The van der Waals surface area contributed by atoms with E-state index >= 15 is 0 Å². The second kappa shape index (κ2) is 7.00. The van der Waals surface area contributed by atoms with Crippen LogP contribution in [0.15, 0.2) is 103 Å². The van der Waals surface area contributed by atoms with Crippen molar-refractivity contribution in [3.63, 3.8) is 0 Å². The van der Waals surface area contributed by atoms with Crippen LogP contribution in [-0.4, -0.2) is 15.0 Å². The van der Waals surface area contributed by atoms with E-state index in [0.29, 0.717) is 5.92 Å². The number of hydrogen-bond acceptors (Lipinski definition) is 0. The summed E-state index contributed by atoms with van der Waals surface area (Å²) in [6.45, 7) is 0. The Morgan fingerprint density at radius 1 is 0.560 bits per heavy atom. The molecule has 4 rings (SSSR count). The van der Waals surface area contributed by atoms with Gasteiger partial charge in [0, 0.05) is 5.92 Å². The highest BCUT2D eigenvalue weighted by atomic mass is 28.1. The molecule has 25 heavy (non-hydrogen) atoms. The van der Waals surface area contributed by atoms with Gasteiger partial charge < -0.3 is 0 Å². The van der Waals surface area contributed by atoms with Crippen molar-refractivity contribution >= 4 is 26.2 Å². The highest BCUT2D eigenvalue weighted by Crippen LogP contribution is 2.39. The SMILES string of the molecule is [SiH2]=C1C(c2ccccc2)=CC=C(c2ccccc2)C1c1ccccc1. The van der Waals surface area contributed by atoms with Crippen LogP contribution in [0.4, 0.5) is 0 Å². The fraction of sp³-hybridized carbons (Fsp3) is 0.0417. The lowest BCUT2D eigenvalue weighted by Gasteiger charge is -2.29. The van der Waals surface area contributed by atoms with Crippen LogP contribution in [0.2, 0.25) is 0 Å². The van der Waals surface area contributed by atoms with Crippen LogP contribution in [0.3, 0.4) is 0 Å². The molecule has 1 heteroatoms. The fourth-order valence-electron chi connectivity index (χ4n) is 3.54. The largest absolute Gasteiger partial charge is 0.0622 e. The Bertz CT molecular complexity index is 935. The second-order valence-corrected chi connectivity index (χ2v) is 7.07. The van der Waals surface area contributed by atoms with Gasteiger partial charge in [-0.3, -0.25) is 0 Å². The molecule has 0 spiro atoms. The van der Waals surface area contributed by atoms with Gasteiger partial charge >= 0.3 is 0 Å². The van der Waals surface area contributed by atoms with E-state index in [1.54, 1.807) is 0 Å². The minimum absolute atomic E-state index is 0.294. The predicted molar refractivity (Wildman–Crippen MR) is 112 cm³/mol. The lowest BCUT2D eigenvalue weighted by Crippen LogP contribution is -2.19. The maximum Gasteiger partial charge on any atom is 0.0302 e. The summed E-state index contributed by atoms with van der Waals surface area (Å²) in [5.74, 6) is 0.294. The molecule has 0 bridgehead atoms. The van der Waals surface area contributed by atoms with Gasteiger partial charge in [-0.05, 0) is 37.7 Å². The minimum atomic E-state index is 0.294. The molecule has 0 aliphatic heterocycles. The van der Waals surface area contributed by atoms with Crippen LogP contribution in [0.1, 0.15) is 22.6 Å². The summed E-state index contributed by atoms with van der Waals surface area (Å²) >= 11 is 0. The molecule has 0 saturated heterocycles. The van der Waals surface area contributed by atoms with E-state index < -0.39 is 0 Å². The Balaban J connectivity index is 1.86. The first-order valence-electron chi connectivity index (χ1n) is 8.61. The lowest BCUT2D eigenvalue weighted by molar-refractivity contribution is 1.18. The Hall–Kier alpha value is -2.77. The van der Waals surface area contributed by atoms with E-state index in [-0.39, 0.29) is 0 Å². The molecule has 1 aliphatic rings. The van der Waals surface area contributed by atoms with Crippen LogP contribution >= 0.6 is 0 Å². The van der Waals surface area contributed by atoms with E-state index in [1.807, 2.05) is 9.85 Å². The average Bonchev–Trinajstić information content (AvgIpc) is 2.70. The summed E-state index contributed by atoms with van der Waals surface area (Å²) in [7, 11) is 2.02. The smallest absolute Gasteiger partial charge is 0.0302 e. The molecule has 0 radical (unpaired) electrons. The van der Waals surface area contributed by atoms with Crippen LogP contribution < -0.4 is 0 Å². The first kappa shape index (κ1) is 15.7. The van der Waals surface area contributed by atoms with Gasteiger partial charge in [0.25, 0.3) is 0 Å². The van der Waals surface area contributed by atoms with Gasteiger partial charge in [0.05, 0.1) is 0 Å².